The summed E-state index contributed by atoms with van der Waals surface area (Å²) in [5, 5.41) is 3.41. The molecule has 3 rings (SSSR count). The van der Waals surface area contributed by atoms with Crippen molar-refractivity contribution in [1.29, 1.82) is 0 Å². The van der Waals surface area contributed by atoms with Gasteiger partial charge in [-0.25, -0.2) is 4.98 Å². The highest BCUT2D eigenvalue weighted by atomic mass is 79.9. The number of aryl methyl sites for hydroxylation is 2. The van der Waals surface area contributed by atoms with E-state index in [2.05, 4.69) is 33.2 Å². The van der Waals surface area contributed by atoms with Crippen LogP contribution in [0.4, 0.5) is 5.13 Å². The van der Waals surface area contributed by atoms with Gasteiger partial charge in [0.2, 0.25) is 0 Å². The van der Waals surface area contributed by atoms with Crippen LogP contribution < -0.4 is 10.1 Å². The lowest BCUT2D eigenvalue weighted by Gasteiger charge is -2.10. The molecular weight excluding hydrogens is 388 g/mol. The second-order valence-electron chi connectivity index (χ2n) is 5.38. The summed E-state index contributed by atoms with van der Waals surface area (Å²) in [6, 6.07) is 11.8. The molecule has 6 heteroatoms. The Labute approximate surface area is 153 Å². The Morgan fingerprint density at radius 2 is 2.17 bits per heavy atom. The number of anilines is 1. The van der Waals surface area contributed by atoms with Crippen LogP contribution in [-0.2, 0) is 11.2 Å². The first-order valence-corrected chi connectivity index (χ1v) is 9.25. The number of rotatable bonds is 5. The maximum Gasteiger partial charge on any atom is 0.264 e. The van der Waals surface area contributed by atoms with Crippen molar-refractivity contribution >= 4 is 48.5 Å². The fraction of sp³-hybridized carbons (Fsp3) is 0.222. The summed E-state index contributed by atoms with van der Waals surface area (Å²) in [7, 11) is 0. The van der Waals surface area contributed by atoms with Crippen LogP contribution in [-0.4, -0.2) is 17.5 Å². The van der Waals surface area contributed by atoms with Gasteiger partial charge >= 0.3 is 0 Å². The average Bonchev–Trinajstić information content (AvgIpc) is 2.97. The van der Waals surface area contributed by atoms with Gasteiger partial charge in [-0.05, 0) is 48.7 Å². The number of carbonyl (C=O) groups is 1. The number of nitrogens with zero attached hydrogens (tertiary/aromatic N) is 1. The zero-order valence-electron chi connectivity index (χ0n) is 13.4. The Bertz CT molecular complexity index is 892. The van der Waals surface area contributed by atoms with Crippen LogP contribution in [0.3, 0.4) is 0 Å². The van der Waals surface area contributed by atoms with E-state index >= 15 is 0 Å². The molecule has 4 nitrogen and oxygen atoms in total. The molecule has 0 aliphatic rings. The smallest absolute Gasteiger partial charge is 0.264 e. The van der Waals surface area contributed by atoms with Gasteiger partial charge in [0.1, 0.15) is 5.75 Å². The van der Waals surface area contributed by atoms with Crippen molar-refractivity contribution < 1.29 is 9.53 Å². The fourth-order valence-corrected chi connectivity index (χ4v) is 3.77. The minimum absolute atomic E-state index is 0.0382. The second-order valence-corrected chi connectivity index (χ2v) is 7.33. The van der Waals surface area contributed by atoms with Gasteiger partial charge < -0.3 is 4.74 Å². The van der Waals surface area contributed by atoms with Crippen LogP contribution in [0.15, 0.2) is 40.9 Å². The Hall–Kier alpha value is -1.92. The molecule has 0 atom stereocenters. The second kappa shape index (κ2) is 7.32. The molecule has 0 bridgehead atoms. The number of amides is 1. The van der Waals surface area contributed by atoms with Crippen LogP contribution in [0.5, 0.6) is 5.75 Å². The average molecular weight is 405 g/mol. The number of para-hydroxylation sites is 1. The zero-order valence-corrected chi connectivity index (χ0v) is 15.8. The van der Waals surface area contributed by atoms with E-state index < -0.39 is 0 Å². The summed E-state index contributed by atoms with van der Waals surface area (Å²) in [5.41, 5.74) is 3.09. The molecule has 124 valence electrons. The quantitative estimate of drug-likeness (QED) is 0.654. The SMILES string of the molecule is CCc1cc(Br)ccc1OCC(=O)Nc1nc2c(C)cccc2s1. The van der Waals surface area contributed by atoms with Gasteiger partial charge in [0.05, 0.1) is 10.2 Å². The molecular formula is C18H17BrN2O2S. The van der Waals surface area contributed by atoms with Crippen molar-refractivity contribution in [2.75, 3.05) is 11.9 Å². The Morgan fingerprint density at radius 3 is 2.92 bits per heavy atom. The predicted molar refractivity (Wildman–Crippen MR) is 102 cm³/mol. The summed E-state index contributed by atoms with van der Waals surface area (Å²) >= 11 is 4.91. The molecule has 2 aromatic carbocycles. The fourth-order valence-electron chi connectivity index (χ4n) is 2.40. The molecule has 0 saturated carbocycles. The first kappa shape index (κ1) is 16.9. The molecule has 1 amide bonds. The molecule has 0 fully saturated rings. The lowest BCUT2D eigenvalue weighted by atomic mass is 10.1. The molecule has 0 radical (unpaired) electrons. The Balaban J connectivity index is 1.66. The van der Waals surface area contributed by atoms with Crippen molar-refractivity contribution in [1.82, 2.24) is 4.98 Å². The standard InChI is InChI=1S/C18H17BrN2O2S/c1-3-12-9-13(19)7-8-14(12)23-10-16(22)20-18-21-17-11(2)5-4-6-15(17)24-18/h4-9H,3,10H2,1-2H3,(H,20,21,22). The molecule has 0 unspecified atom stereocenters. The number of hydrogen-bond donors (Lipinski definition) is 1. The van der Waals surface area contributed by atoms with E-state index in [0.717, 1.165) is 38.0 Å². The first-order chi connectivity index (χ1) is 11.6. The van der Waals surface area contributed by atoms with Crippen LogP contribution in [0.25, 0.3) is 10.2 Å². The van der Waals surface area contributed by atoms with Crippen molar-refractivity contribution in [3.63, 3.8) is 0 Å². The third-order valence-corrected chi connectivity index (χ3v) is 5.06. The zero-order chi connectivity index (χ0) is 17.1. The first-order valence-electron chi connectivity index (χ1n) is 7.64. The van der Waals surface area contributed by atoms with Crippen LogP contribution in [0.1, 0.15) is 18.1 Å². The molecule has 1 aromatic heterocycles. The predicted octanol–water partition coefficient (Wildman–Crippen LogP) is 4.95. The summed E-state index contributed by atoms with van der Waals surface area (Å²) in [6.07, 6.45) is 0.841. The molecule has 1 N–H and O–H groups in total. The molecule has 0 aliphatic heterocycles. The maximum atomic E-state index is 12.1. The number of fused-ring (bicyclic) bond motifs is 1. The third-order valence-electron chi connectivity index (χ3n) is 3.63. The number of thiazole rings is 1. The van der Waals surface area contributed by atoms with E-state index in [9.17, 15) is 4.79 Å². The van der Waals surface area contributed by atoms with Crippen molar-refractivity contribution in [3.8, 4) is 5.75 Å². The number of halogens is 1. The van der Waals surface area contributed by atoms with Crippen molar-refractivity contribution in [2.24, 2.45) is 0 Å². The Kier molecular flexibility index (Phi) is 5.16. The van der Waals surface area contributed by atoms with E-state index in [1.807, 2.05) is 43.3 Å². The van der Waals surface area contributed by atoms with Gasteiger partial charge in [-0.2, -0.15) is 0 Å². The molecule has 3 aromatic rings. The van der Waals surface area contributed by atoms with Crippen LogP contribution >= 0.6 is 27.3 Å². The van der Waals surface area contributed by atoms with Crippen molar-refractivity contribution in [2.45, 2.75) is 20.3 Å². The lowest BCUT2D eigenvalue weighted by molar-refractivity contribution is -0.118. The number of carbonyl (C=O) groups excluding carboxylic acids is 1. The van der Waals surface area contributed by atoms with E-state index in [4.69, 9.17) is 4.74 Å². The largest absolute Gasteiger partial charge is 0.483 e. The number of hydrogen-bond acceptors (Lipinski definition) is 4. The summed E-state index contributed by atoms with van der Waals surface area (Å²) in [6.45, 7) is 4.03. The van der Waals surface area contributed by atoms with E-state index in [1.165, 1.54) is 11.3 Å². The monoisotopic (exact) mass is 404 g/mol. The van der Waals surface area contributed by atoms with E-state index in [1.54, 1.807) is 0 Å². The van der Waals surface area contributed by atoms with E-state index in [0.29, 0.717) is 5.13 Å². The normalized spacial score (nSPS) is 10.8. The Morgan fingerprint density at radius 1 is 1.33 bits per heavy atom. The minimum atomic E-state index is -0.211. The highest BCUT2D eigenvalue weighted by Gasteiger charge is 2.11. The summed E-state index contributed by atoms with van der Waals surface area (Å²) in [4.78, 5) is 16.6. The summed E-state index contributed by atoms with van der Waals surface area (Å²) < 4.78 is 7.72. The minimum Gasteiger partial charge on any atom is -0.483 e. The number of aromatic nitrogens is 1. The molecule has 1 heterocycles. The molecule has 0 spiro atoms. The number of nitrogens with one attached hydrogen (secondary N) is 1. The topological polar surface area (TPSA) is 51.2 Å². The van der Waals surface area contributed by atoms with Gasteiger partial charge in [0, 0.05) is 4.47 Å². The number of benzene rings is 2. The van der Waals surface area contributed by atoms with Crippen molar-refractivity contribution in [3.05, 3.63) is 52.0 Å². The van der Waals surface area contributed by atoms with Gasteiger partial charge in [-0.3, -0.25) is 10.1 Å². The summed E-state index contributed by atoms with van der Waals surface area (Å²) in [5.74, 6) is 0.521. The highest BCUT2D eigenvalue weighted by molar-refractivity contribution is 9.10. The lowest BCUT2D eigenvalue weighted by Crippen LogP contribution is -2.20. The van der Waals surface area contributed by atoms with Crippen LogP contribution in [0, 0.1) is 6.92 Å². The van der Waals surface area contributed by atoms with Gasteiger partial charge in [0.25, 0.3) is 5.91 Å². The molecule has 0 saturated heterocycles. The third kappa shape index (κ3) is 3.76. The van der Waals surface area contributed by atoms with Gasteiger partial charge in [0.15, 0.2) is 11.7 Å². The highest BCUT2D eigenvalue weighted by Crippen LogP contribution is 2.28. The molecule has 24 heavy (non-hydrogen) atoms. The molecule has 0 aliphatic carbocycles. The van der Waals surface area contributed by atoms with Gasteiger partial charge in [-0.1, -0.05) is 46.3 Å². The number of ether oxygens (including phenoxy) is 1. The van der Waals surface area contributed by atoms with E-state index in [-0.39, 0.29) is 12.5 Å². The van der Waals surface area contributed by atoms with Crippen LogP contribution in [0.2, 0.25) is 0 Å². The maximum absolute atomic E-state index is 12.1. The van der Waals surface area contributed by atoms with Gasteiger partial charge in [-0.15, -0.1) is 0 Å².